The third kappa shape index (κ3) is 4.83. The number of nitrogens with one attached hydrogen (secondary N) is 1. The molecule has 1 aliphatic carbocycles. The summed E-state index contributed by atoms with van der Waals surface area (Å²) in [6.45, 7) is 6.70. The minimum atomic E-state index is -0.474. The van der Waals surface area contributed by atoms with Gasteiger partial charge in [0.1, 0.15) is 12.1 Å². The van der Waals surface area contributed by atoms with Gasteiger partial charge in [0.05, 0.1) is 0 Å². The monoisotopic (exact) mass is 308 g/mol. The normalized spacial score (nSPS) is 22.4. The summed E-state index contributed by atoms with van der Waals surface area (Å²) in [6, 6.07) is 0.0310. The molecule has 2 aliphatic rings. The molecule has 2 unspecified atom stereocenters. The second-order valence-corrected chi connectivity index (χ2v) is 6.27. The molecule has 2 fully saturated rings. The van der Waals surface area contributed by atoms with E-state index in [-0.39, 0.29) is 17.9 Å². The first-order valence-corrected chi connectivity index (χ1v) is 8.47. The number of carbonyl (C=O) groups is 2. The van der Waals surface area contributed by atoms with Gasteiger partial charge in [-0.1, -0.05) is 6.08 Å². The van der Waals surface area contributed by atoms with Crippen LogP contribution in [0.3, 0.4) is 0 Å². The Hall–Kier alpha value is -1.36. The van der Waals surface area contributed by atoms with Crippen LogP contribution in [-0.2, 0) is 14.3 Å². The lowest BCUT2D eigenvalue weighted by molar-refractivity contribution is -0.147. The molecule has 0 radical (unpaired) electrons. The summed E-state index contributed by atoms with van der Waals surface area (Å²) in [7, 11) is 0. The summed E-state index contributed by atoms with van der Waals surface area (Å²) >= 11 is 0. The van der Waals surface area contributed by atoms with Crippen LogP contribution in [0.2, 0.25) is 0 Å². The number of nitrogens with zero attached hydrogens (tertiary/aromatic N) is 1. The van der Waals surface area contributed by atoms with Crippen molar-refractivity contribution in [1.82, 2.24) is 10.2 Å². The Morgan fingerprint density at radius 2 is 2.14 bits per heavy atom. The van der Waals surface area contributed by atoms with Crippen LogP contribution in [0.1, 0.15) is 51.9 Å². The summed E-state index contributed by atoms with van der Waals surface area (Å²) in [5.74, 6) is -0.0521. The van der Waals surface area contributed by atoms with Crippen molar-refractivity contribution in [3.63, 3.8) is 0 Å². The highest BCUT2D eigenvalue weighted by atomic mass is 16.5. The van der Waals surface area contributed by atoms with Gasteiger partial charge in [-0.3, -0.25) is 9.59 Å². The average Bonchev–Trinajstić information content (AvgIpc) is 3.18. The lowest BCUT2D eigenvalue weighted by atomic mass is 10.2. The topological polar surface area (TPSA) is 58.6 Å². The average molecular weight is 308 g/mol. The molecule has 1 N–H and O–H groups in total. The Balaban J connectivity index is 1.76. The van der Waals surface area contributed by atoms with Crippen molar-refractivity contribution in [3.05, 3.63) is 12.7 Å². The number of likely N-dealkylation sites (tertiary alicyclic amines) is 1. The van der Waals surface area contributed by atoms with Crippen LogP contribution in [0.4, 0.5) is 0 Å². The lowest BCUT2D eigenvalue weighted by Gasteiger charge is -2.26. The number of unbranched alkanes of at least 4 members (excludes halogenated alkanes) is 2. The van der Waals surface area contributed by atoms with E-state index in [4.69, 9.17) is 4.74 Å². The second-order valence-electron chi connectivity index (χ2n) is 6.27. The molecular formula is C17H28N2O3. The summed E-state index contributed by atoms with van der Waals surface area (Å²) in [6.07, 6.45) is 8.13. The van der Waals surface area contributed by atoms with Gasteiger partial charge in [0.15, 0.2) is 0 Å². The van der Waals surface area contributed by atoms with Gasteiger partial charge in [0.25, 0.3) is 5.91 Å². The van der Waals surface area contributed by atoms with Crippen LogP contribution in [-0.4, -0.2) is 48.1 Å². The molecule has 22 heavy (non-hydrogen) atoms. The molecule has 1 saturated carbocycles. The van der Waals surface area contributed by atoms with E-state index in [1.54, 1.807) is 11.8 Å². The highest BCUT2D eigenvalue weighted by Crippen LogP contribution is 2.23. The fraction of sp³-hybridized carbons (Fsp3) is 0.765. The van der Waals surface area contributed by atoms with Gasteiger partial charge in [-0.05, 0) is 51.9 Å². The highest BCUT2D eigenvalue weighted by Gasteiger charge is 2.37. The van der Waals surface area contributed by atoms with Crippen molar-refractivity contribution >= 4 is 11.8 Å². The highest BCUT2D eigenvalue weighted by molar-refractivity contribution is 5.90. The maximum absolute atomic E-state index is 12.5. The van der Waals surface area contributed by atoms with Crippen LogP contribution in [0.25, 0.3) is 0 Å². The molecule has 2 rings (SSSR count). The van der Waals surface area contributed by atoms with E-state index >= 15 is 0 Å². The summed E-state index contributed by atoms with van der Waals surface area (Å²) in [5.41, 5.74) is 0. The Labute approximate surface area is 133 Å². The maximum Gasteiger partial charge on any atom is 0.252 e. The molecule has 0 aromatic carbocycles. The van der Waals surface area contributed by atoms with Gasteiger partial charge < -0.3 is 15.0 Å². The molecule has 124 valence electrons. The van der Waals surface area contributed by atoms with E-state index in [0.717, 1.165) is 44.9 Å². The van der Waals surface area contributed by atoms with E-state index in [9.17, 15) is 9.59 Å². The summed E-state index contributed by atoms with van der Waals surface area (Å²) < 4.78 is 5.63. The molecule has 0 bridgehead atoms. The fourth-order valence-electron chi connectivity index (χ4n) is 2.78. The maximum atomic E-state index is 12.5. The Kier molecular flexibility index (Phi) is 6.43. The smallest absolute Gasteiger partial charge is 0.252 e. The van der Waals surface area contributed by atoms with Gasteiger partial charge in [0.2, 0.25) is 5.91 Å². The fourth-order valence-corrected chi connectivity index (χ4v) is 2.78. The van der Waals surface area contributed by atoms with Gasteiger partial charge in [-0.2, -0.15) is 0 Å². The zero-order valence-electron chi connectivity index (χ0n) is 13.6. The van der Waals surface area contributed by atoms with Gasteiger partial charge in [-0.25, -0.2) is 0 Å². The van der Waals surface area contributed by atoms with Crippen molar-refractivity contribution < 1.29 is 14.3 Å². The van der Waals surface area contributed by atoms with E-state index < -0.39 is 6.10 Å². The first-order valence-electron chi connectivity index (χ1n) is 8.47. The quantitative estimate of drug-likeness (QED) is 0.524. The molecule has 0 aromatic heterocycles. The number of ether oxygens (including phenoxy) is 1. The van der Waals surface area contributed by atoms with E-state index in [1.807, 2.05) is 6.08 Å². The zero-order chi connectivity index (χ0) is 15.9. The summed E-state index contributed by atoms with van der Waals surface area (Å²) in [5, 5.41) is 3.00. The minimum absolute atomic E-state index is 0.00605. The van der Waals surface area contributed by atoms with Crippen molar-refractivity contribution in [1.29, 1.82) is 0 Å². The number of hydrogen-bond acceptors (Lipinski definition) is 3. The van der Waals surface area contributed by atoms with Gasteiger partial charge >= 0.3 is 0 Å². The third-order valence-corrected chi connectivity index (χ3v) is 4.28. The first-order chi connectivity index (χ1) is 10.6. The molecule has 2 atom stereocenters. The molecule has 5 heteroatoms. The molecule has 0 spiro atoms. The first kappa shape index (κ1) is 17.0. The minimum Gasteiger partial charge on any atom is -0.369 e. The largest absolute Gasteiger partial charge is 0.369 e. The van der Waals surface area contributed by atoms with Crippen molar-refractivity contribution in [2.24, 2.45) is 0 Å². The number of rotatable bonds is 9. The molecule has 1 saturated heterocycles. The Morgan fingerprint density at radius 1 is 1.36 bits per heavy atom. The second kappa shape index (κ2) is 8.32. The van der Waals surface area contributed by atoms with Gasteiger partial charge in [0, 0.05) is 19.2 Å². The predicted octanol–water partition coefficient (Wildman–Crippen LogP) is 2.02. The lowest BCUT2D eigenvalue weighted by Crippen LogP contribution is -2.49. The zero-order valence-corrected chi connectivity index (χ0v) is 13.6. The van der Waals surface area contributed by atoms with Crippen molar-refractivity contribution in [2.45, 2.75) is 70.1 Å². The number of allylic oxidation sites excluding steroid dienone is 1. The summed E-state index contributed by atoms with van der Waals surface area (Å²) in [4.78, 5) is 26.4. The molecular weight excluding hydrogens is 280 g/mol. The number of hydrogen-bond donors (Lipinski definition) is 1. The third-order valence-electron chi connectivity index (χ3n) is 4.28. The molecule has 1 heterocycles. The van der Waals surface area contributed by atoms with E-state index in [0.29, 0.717) is 19.2 Å². The predicted molar refractivity (Wildman–Crippen MR) is 85.4 cm³/mol. The SMILES string of the molecule is C=CCCCCOC(C)C(=O)N1CCCC1C(=O)NC1CC1. The van der Waals surface area contributed by atoms with Crippen molar-refractivity contribution in [3.8, 4) is 0 Å². The van der Waals surface area contributed by atoms with Crippen LogP contribution in [0, 0.1) is 0 Å². The van der Waals surface area contributed by atoms with Crippen LogP contribution < -0.4 is 5.32 Å². The molecule has 5 nitrogen and oxygen atoms in total. The molecule has 0 aromatic rings. The van der Waals surface area contributed by atoms with Gasteiger partial charge in [-0.15, -0.1) is 6.58 Å². The number of amides is 2. The Bertz CT molecular complexity index is 407. The van der Waals surface area contributed by atoms with E-state index in [2.05, 4.69) is 11.9 Å². The van der Waals surface area contributed by atoms with Crippen molar-refractivity contribution in [2.75, 3.05) is 13.2 Å². The van der Waals surface area contributed by atoms with Crippen LogP contribution >= 0.6 is 0 Å². The van der Waals surface area contributed by atoms with Crippen LogP contribution in [0.5, 0.6) is 0 Å². The van der Waals surface area contributed by atoms with Crippen LogP contribution in [0.15, 0.2) is 12.7 Å². The molecule has 2 amide bonds. The Morgan fingerprint density at radius 3 is 2.82 bits per heavy atom. The standard InChI is InChI=1S/C17H28N2O3/c1-3-4-5-6-12-22-13(2)17(21)19-11-7-8-15(19)16(20)18-14-9-10-14/h3,13-15H,1,4-12H2,2H3,(H,18,20). The molecule has 1 aliphatic heterocycles. The van der Waals surface area contributed by atoms with E-state index in [1.165, 1.54) is 0 Å². The number of carbonyl (C=O) groups excluding carboxylic acids is 2.